The molecular formula is C23H25Cl2N3O4. The van der Waals surface area contributed by atoms with Crippen LogP contribution in [0.1, 0.15) is 44.9 Å². The molecule has 32 heavy (non-hydrogen) atoms. The van der Waals surface area contributed by atoms with Gasteiger partial charge in [-0.3, -0.25) is 9.59 Å². The van der Waals surface area contributed by atoms with Crippen LogP contribution in [0.15, 0.2) is 29.2 Å². The molecule has 2 atom stereocenters. The maximum absolute atomic E-state index is 13.4. The van der Waals surface area contributed by atoms with Crippen molar-refractivity contribution in [3.63, 3.8) is 0 Å². The van der Waals surface area contributed by atoms with E-state index in [0.29, 0.717) is 40.4 Å². The molecule has 6 rings (SSSR count). The number of rotatable bonds is 6. The molecule has 4 fully saturated rings. The van der Waals surface area contributed by atoms with Crippen molar-refractivity contribution in [2.75, 3.05) is 12.4 Å². The Morgan fingerprint density at radius 2 is 1.97 bits per heavy atom. The van der Waals surface area contributed by atoms with Gasteiger partial charge in [0.25, 0.3) is 5.56 Å². The molecule has 1 aromatic heterocycles. The fourth-order valence-electron chi connectivity index (χ4n) is 6.96. The van der Waals surface area contributed by atoms with E-state index in [1.807, 2.05) is 0 Å². The van der Waals surface area contributed by atoms with Gasteiger partial charge in [0.05, 0.1) is 36.6 Å². The fraction of sp³-hybridized carbons (Fsp3) is 0.522. The maximum atomic E-state index is 13.4. The number of ether oxygens (including phenoxy) is 1. The minimum Gasteiger partial charge on any atom is -0.495 e. The van der Waals surface area contributed by atoms with Gasteiger partial charge >= 0.3 is 5.97 Å². The molecule has 0 aliphatic heterocycles. The van der Waals surface area contributed by atoms with Gasteiger partial charge in [0.1, 0.15) is 10.8 Å². The van der Waals surface area contributed by atoms with Crippen molar-refractivity contribution in [2.24, 2.45) is 17.3 Å². The predicted molar refractivity (Wildman–Crippen MR) is 122 cm³/mol. The molecule has 1 heterocycles. The number of nitrogens with one attached hydrogen (secondary N) is 1. The average molecular weight is 478 g/mol. The molecule has 4 bridgehead atoms. The van der Waals surface area contributed by atoms with Crippen LogP contribution in [0.25, 0.3) is 0 Å². The van der Waals surface area contributed by atoms with Crippen LogP contribution < -0.4 is 15.6 Å². The molecule has 2 aromatic rings. The Bertz CT molecular complexity index is 1130. The van der Waals surface area contributed by atoms with Crippen molar-refractivity contribution in [2.45, 2.75) is 50.5 Å². The second-order valence-corrected chi connectivity index (χ2v) is 10.6. The van der Waals surface area contributed by atoms with Gasteiger partial charge < -0.3 is 15.2 Å². The highest BCUT2D eigenvalue weighted by atomic mass is 35.5. The third kappa shape index (κ3) is 3.55. The van der Waals surface area contributed by atoms with Gasteiger partial charge in [-0.2, -0.15) is 5.10 Å². The number of nitrogens with zero attached hydrogens (tertiary/aromatic N) is 2. The number of carbonyl (C=O) groups is 1. The van der Waals surface area contributed by atoms with E-state index in [4.69, 9.17) is 27.9 Å². The first-order valence-corrected chi connectivity index (χ1v) is 11.6. The smallest absolute Gasteiger partial charge is 0.303 e. The lowest BCUT2D eigenvalue weighted by Gasteiger charge is -2.61. The summed E-state index contributed by atoms with van der Waals surface area (Å²) in [4.78, 5) is 25.0. The molecule has 1 aromatic carbocycles. The Morgan fingerprint density at radius 1 is 1.25 bits per heavy atom. The normalized spacial score (nSPS) is 30.3. The second kappa shape index (κ2) is 7.66. The highest BCUT2D eigenvalue weighted by Crippen LogP contribution is 2.65. The molecular weight excluding hydrogens is 453 g/mol. The summed E-state index contributed by atoms with van der Waals surface area (Å²) in [5, 5.41) is 17.8. The number of anilines is 2. The molecule has 0 spiro atoms. The van der Waals surface area contributed by atoms with E-state index in [2.05, 4.69) is 10.4 Å². The van der Waals surface area contributed by atoms with Gasteiger partial charge in [-0.25, -0.2) is 4.68 Å². The van der Waals surface area contributed by atoms with Crippen LogP contribution in [-0.2, 0) is 10.3 Å². The number of halogens is 2. The summed E-state index contributed by atoms with van der Waals surface area (Å²) < 4.78 is 6.90. The first-order valence-electron chi connectivity index (χ1n) is 10.8. The minimum absolute atomic E-state index is 0.0464. The quantitative estimate of drug-likeness (QED) is 0.602. The lowest BCUT2D eigenvalue weighted by molar-refractivity contribution is -0.151. The van der Waals surface area contributed by atoms with E-state index in [9.17, 15) is 14.7 Å². The van der Waals surface area contributed by atoms with E-state index in [1.165, 1.54) is 0 Å². The van der Waals surface area contributed by atoms with Crippen molar-refractivity contribution in [3.05, 3.63) is 44.8 Å². The molecule has 7 nitrogen and oxygen atoms in total. The third-order valence-corrected chi connectivity index (χ3v) is 8.08. The zero-order valence-corrected chi connectivity index (χ0v) is 19.2. The van der Waals surface area contributed by atoms with Crippen LogP contribution >= 0.6 is 23.2 Å². The van der Waals surface area contributed by atoms with E-state index in [-0.39, 0.29) is 22.4 Å². The molecule has 4 aliphatic carbocycles. The van der Waals surface area contributed by atoms with Gasteiger partial charge in [-0.15, -0.1) is 0 Å². The Hall–Kier alpha value is -2.25. The molecule has 9 heteroatoms. The number of carboxylic acids is 1. The number of aliphatic carboxylic acids is 1. The number of carboxylic acid groups (broad SMARTS) is 1. The van der Waals surface area contributed by atoms with Crippen LogP contribution in [0, 0.1) is 17.3 Å². The lowest BCUT2D eigenvalue weighted by atomic mass is 9.46. The SMILES string of the molecule is COc1ccc(Cl)cc1Nc1cnn(C23CC4CC(CC(CC(=O)O)(C4)C2)C3)c(=O)c1Cl. The van der Waals surface area contributed by atoms with Crippen molar-refractivity contribution in [1.82, 2.24) is 9.78 Å². The number of aromatic nitrogens is 2. The van der Waals surface area contributed by atoms with Gasteiger partial charge in [0.15, 0.2) is 0 Å². The molecule has 2 unspecified atom stereocenters. The van der Waals surface area contributed by atoms with Crippen molar-refractivity contribution >= 4 is 40.5 Å². The molecule has 0 amide bonds. The Balaban J connectivity index is 1.51. The maximum Gasteiger partial charge on any atom is 0.303 e. The average Bonchev–Trinajstić information content (AvgIpc) is 2.69. The monoisotopic (exact) mass is 477 g/mol. The van der Waals surface area contributed by atoms with Crippen LogP contribution in [0.2, 0.25) is 10.0 Å². The molecule has 170 valence electrons. The second-order valence-electron chi connectivity index (χ2n) is 9.81. The van der Waals surface area contributed by atoms with Crippen molar-refractivity contribution in [1.29, 1.82) is 0 Å². The summed E-state index contributed by atoms with van der Waals surface area (Å²) in [6, 6.07) is 5.13. The standard InChI is InChI=1S/C23H25Cl2N3O4/c1-32-18-3-2-15(24)5-16(18)27-17-11-26-28(21(31)20(17)25)23-8-13-4-14(9-23)7-22(6-13,12-23)10-19(29)30/h2-3,5,11,13-14,27H,4,6-10,12H2,1H3,(H,29,30). The van der Waals surface area contributed by atoms with Gasteiger partial charge in [-0.1, -0.05) is 23.2 Å². The van der Waals surface area contributed by atoms with E-state index < -0.39 is 11.5 Å². The first kappa shape index (κ1) is 21.6. The zero-order valence-electron chi connectivity index (χ0n) is 17.7. The Kier molecular flexibility index (Phi) is 5.17. The molecule has 2 N–H and O–H groups in total. The van der Waals surface area contributed by atoms with Crippen molar-refractivity contribution < 1.29 is 14.6 Å². The summed E-state index contributed by atoms with van der Waals surface area (Å²) in [5.74, 6) is 0.648. The highest BCUT2D eigenvalue weighted by Gasteiger charge is 2.59. The lowest BCUT2D eigenvalue weighted by Crippen LogP contribution is -2.59. The summed E-state index contributed by atoms with van der Waals surface area (Å²) in [7, 11) is 1.55. The molecule has 4 saturated carbocycles. The van der Waals surface area contributed by atoms with Crippen LogP contribution in [0.5, 0.6) is 5.75 Å². The minimum atomic E-state index is -0.768. The summed E-state index contributed by atoms with van der Waals surface area (Å²) >= 11 is 12.6. The van der Waals surface area contributed by atoms with Crippen LogP contribution in [0.4, 0.5) is 11.4 Å². The predicted octanol–water partition coefficient (Wildman–Crippen LogP) is 5.07. The molecule has 0 radical (unpaired) electrons. The zero-order chi connectivity index (χ0) is 22.7. The van der Waals surface area contributed by atoms with Crippen LogP contribution in [0.3, 0.4) is 0 Å². The Labute approximate surface area is 195 Å². The number of methoxy groups -OCH3 is 1. The van der Waals surface area contributed by atoms with Gasteiger partial charge in [0, 0.05) is 5.02 Å². The first-order chi connectivity index (χ1) is 15.2. The summed E-state index contributed by atoms with van der Waals surface area (Å²) in [6.07, 6.45) is 7.04. The van der Waals surface area contributed by atoms with E-state index >= 15 is 0 Å². The van der Waals surface area contributed by atoms with Gasteiger partial charge in [-0.05, 0) is 74.0 Å². The topological polar surface area (TPSA) is 93.4 Å². The number of hydrogen-bond acceptors (Lipinski definition) is 5. The van der Waals surface area contributed by atoms with Crippen molar-refractivity contribution in [3.8, 4) is 5.75 Å². The van der Waals surface area contributed by atoms with Gasteiger partial charge in [0.2, 0.25) is 0 Å². The number of hydrogen-bond donors (Lipinski definition) is 2. The largest absolute Gasteiger partial charge is 0.495 e. The summed E-state index contributed by atoms with van der Waals surface area (Å²) in [6.45, 7) is 0. The van der Waals surface area contributed by atoms with Crippen LogP contribution in [-0.4, -0.2) is 28.0 Å². The fourth-order valence-corrected chi connectivity index (χ4v) is 7.31. The molecule has 4 aliphatic rings. The summed E-state index contributed by atoms with van der Waals surface area (Å²) in [5.41, 5.74) is -0.124. The highest BCUT2D eigenvalue weighted by molar-refractivity contribution is 6.33. The Morgan fingerprint density at radius 3 is 2.62 bits per heavy atom. The third-order valence-electron chi connectivity index (χ3n) is 7.48. The van der Waals surface area contributed by atoms with E-state index in [0.717, 1.165) is 32.1 Å². The van der Waals surface area contributed by atoms with E-state index in [1.54, 1.807) is 36.2 Å². The number of benzene rings is 1. The molecule has 0 saturated heterocycles.